The van der Waals surface area contributed by atoms with Crippen molar-refractivity contribution in [2.75, 3.05) is 17.1 Å². The topological polar surface area (TPSA) is 63.4 Å². The fourth-order valence-electron chi connectivity index (χ4n) is 1.53. The third kappa shape index (κ3) is 3.68. The van der Waals surface area contributed by atoms with Gasteiger partial charge in [-0.15, -0.1) is 0 Å². The van der Waals surface area contributed by atoms with E-state index in [1.54, 1.807) is 31.3 Å². The Morgan fingerprint density at radius 1 is 1.33 bits per heavy atom. The number of nitrogens with zero attached hydrogens (tertiary/aromatic N) is 1. The first-order valence-corrected chi connectivity index (χ1v) is 7.62. The predicted molar refractivity (Wildman–Crippen MR) is 79.4 cm³/mol. The number of hydrogen-bond acceptors (Lipinski definition) is 3. The van der Waals surface area contributed by atoms with Crippen molar-refractivity contribution in [3.05, 3.63) is 29.8 Å². The summed E-state index contributed by atoms with van der Waals surface area (Å²) in [5.41, 5.74) is 6.82. The summed E-state index contributed by atoms with van der Waals surface area (Å²) >= 11 is 4.85. The second-order valence-electron chi connectivity index (χ2n) is 4.55. The van der Waals surface area contributed by atoms with E-state index < -0.39 is 10.0 Å². The number of hydrogen-bond donors (Lipinski definition) is 1. The molecule has 0 fully saturated rings. The largest absolute Gasteiger partial charge is 0.389 e. The SMILES string of the molecule is CC(C)CS(=O)(=O)N(C)c1ccc(C(N)=S)cc1. The summed E-state index contributed by atoms with van der Waals surface area (Å²) in [6.07, 6.45) is 0. The minimum atomic E-state index is -3.28. The second-order valence-corrected chi connectivity index (χ2v) is 7.04. The van der Waals surface area contributed by atoms with Crippen molar-refractivity contribution in [3.8, 4) is 0 Å². The first-order valence-electron chi connectivity index (χ1n) is 5.60. The average Bonchev–Trinajstić information content (AvgIpc) is 2.26. The molecular weight excluding hydrogens is 268 g/mol. The van der Waals surface area contributed by atoms with E-state index in [1.807, 2.05) is 13.8 Å². The van der Waals surface area contributed by atoms with Crippen molar-refractivity contribution in [1.82, 2.24) is 0 Å². The Kier molecular flexibility index (Phi) is 4.70. The maximum atomic E-state index is 12.0. The Balaban J connectivity index is 2.97. The van der Waals surface area contributed by atoms with E-state index in [4.69, 9.17) is 18.0 Å². The van der Waals surface area contributed by atoms with Crippen LogP contribution in [0.5, 0.6) is 0 Å². The Hall–Kier alpha value is -1.14. The highest BCUT2D eigenvalue weighted by Crippen LogP contribution is 2.18. The molecule has 0 saturated carbocycles. The van der Waals surface area contributed by atoms with Crippen LogP contribution in [-0.2, 0) is 10.0 Å². The Morgan fingerprint density at radius 2 is 1.83 bits per heavy atom. The van der Waals surface area contributed by atoms with Crippen LogP contribution in [0.25, 0.3) is 0 Å². The standard InChI is InChI=1S/C12H18N2O2S2/c1-9(2)8-18(15,16)14(3)11-6-4-10(5-7-11)12(13)17/h4-7,9H,8H2,1-3H3,(H2,13,17). The quantitative estimate of drug-likeness (QED) is 0.838. The molecule has 0 heterocycles. The van der Waals surface area contributed by atoms with Crippen LogP contribution in [0.3, 0.4) is 0 Å². The van der Waals surface area contributed by atoms with Crippen molar-refractivity contribution in [2.24, 2.45) is 11.7 Å². The van der Waals surface area contributed by atoms with Gasteiger partial charge in [0.05, 0.1) is 11.4 Å². The first kappa shape index (κ1) is 14.9. The highest BCUT2D eigenvalue weighted by molar-refractivity contribution is 7.92. The van der Waals surface area contributed by atoms with Gasteiger partial charge < -0.3 is 5.73 Å². The minimum Gasteiger partial charge on any atom is -0.389 e. The molecule has 0 amide bonds. The van der Waals surface area contributed by atoms with Gasteiger partial charge in [0, 0.05) is 12.6 Å². The van der Waals surface area contributed by atoms with Gasteiger partial charge >= 0.3 is 0 Å². The summed E-state index contributed by atoms with van der Waals surface area (Å²) in [6.45, 7) is 3.75. The van der Waals surface area contributed by atoms with Gasteiger partial charge in [-0.3, -0.25) is 4.31 Å². The van der Waals surface area contributed by atoms with Crippen LogP contribution in [0.2, 0.25) is 0 Å². The van der Waals surface area contributed by atoms with Gasteiger partial charge in [0.25, 0.3) is 0 Å². The highest BCUT2D eigenvalue weighted by Gasteiger charge is 2.19. The fourth-order valence-corrected chi connectivity index (χ4v) is 3.17. The summed E-state index contributed by atoms with van der Waals surface area (Å²) in [5.74, 6) is 0.217. The van der Waals surface area contributed by atoms with Crippen LogP contribution < -0.4 is 10.0 Å². The number of anilines is 1. The van der Waals surface area contributed by atoms with Crippen molar-refractivity contribution >= 4 is 32.9 Å². The van der Waals surface area contributed by atoms with Crippen LogP contribution >= 0.6 is 12.2 Å². The summed E-state index contributed by atoms with van der Waals surface area (Å²) < 4.78 is 25.4. The molecule has 0 spiro atoms. The molecule has 1 aromatic rings. The molecule has 1 rings (SSSR count). The van der Waals surface area contributed by atoms with Crippen LogP contribution in [0, 0.1) is 5.92 Å². The fraction of sp³-hybridized carbons (Fsp3) is 0.417. The number of thiocarbonyl (C=S) groups is 1. The van der Waals surface area contributed by atoms with Crippen LogP contribution in [0.15, 0.2) is 24.3 Å². The van der Waals surface area contributed by atoms with E-state index in [2.05, 4.69) is 0 Å². The lowest BCUT2D eigenvalue weighted by molar-refractivity contribution is 0.580. The van der Waals surface area contributed by atoms with E-state index in [-0.39, 0.29) is 11.7 Å². The zero-order valence-electron chi connectivity index (χ0n) is 10.8. The minimum absolute atomic E-state index is 0.0911. The molecule has 0 atom stereocenters. The van der Waals surface area contributed by atoms with E-state index in [0.29, 0.717) is 10.7 Å². The number of nitrogens with two attached hydrogens (primary N) is 1. The van der Waals surface area contributed by atoms with E-state index in [0.717, 1.165) is 5.56 Å². The van der Waals surface area contributed by atoms with E-state index >= 15 is 0 Å². The van der Waals surface area contributed by atoms with Gasteiger partial charge in [0.1, 0.15) is 4.99 Å². The van der Waals surface area contributed by atoms with Gasteiger partial charge in [-0.05, 0) is 30.2 Å². The molecule has 0 aliphatic heterocycles. The molecule has 0 radical (unpaired) electrons. The number of benzene rings is 1. The molecule has 0 aromatic heterocycles. The molecule has 100 valence electrons. The summed E-state index contributed by atoms with van der Waals surface area (Å²) in [7, 11) is -1.73. The molecule has 0 unspecified atom stereocenters. The molecule has 1 aromatic carbocycles. The molecule has 0 bridgehead atoms. The molecule has 0 saturated heterocycles. The van der Waals surface area contributed by atoms with Gasteiger partial charge in [0.2, 0.25) is 10.0 Å². The Labute approximate surface area is 114 Å². The zero-order chi connectivity index (χ0) is 13.9. The highest BCUT2D eigenvalue weighted by atomic mass is 32.2. The lowest BCUT2D eigenvalue weighted by Crippen LogP contribution is -2.30. The van der Waals surface area contributed by atoms with Crippen molar-refractivity contribution in [3.63, 3.8) is 0 Å². The molecule has 2 N–H and O–H groups in total. The first-order chi connectivity index (χ1) is 8.24. The molecule has 18 heavy (non-hydrogen) atoms. The third-order valence-corrected chi connectivity index (χ3v) is 4.85. The Bertz CT molecular complexity index is 522. The average molecular weight is 286 g/mol. The molecule has 4 nitrogen and oxygen atoms in total. The third-order valence-electron chi connectivity index (χ3n) is 2.48. The van der Waals surface area contributed by atoms with Crippen molar-refractivity contribution in [2.45, 2.75) is 13.8 Å². The normalized spacial score (nSPS) is 11.6. The van der Waals surface area contributed by atoms with Crippen LogP contribution in [0.4, 0.5) is 5.69 Å². The van der Waals surface area contributed by atoms with Crippen molar-refractivity contribution in [1.29, 1.82) is 0 Å². The van der Waals surface area contributed by atoms with Crippen LogP contribution in [-0.4, -0.2) is 26.2 Å². The van der Waals surface area contributed by atoms with E-state index in [9.17, 15) is 8.42 Å². The number of rotatable bonds is 5. The summed E-state index contributed by atoms with van der Waals surface area (Å²) in [5, 5.41) is 0. The van der Waals surface area contributed by atoms with Gasteiger partial charge in [-0.1, -0.05) is 26.1 Å². The van der Waals surface area contributed by atoms with Gasteiger partial charge in [-0.25, -0.2) is 8.42 Å². The molecule has 0 aliphatic carbocycles. The van der Waals surface area contributed by atoms with E-state index in [1.165, 1.54) is 4.31 Å². The van der Waals surface area contributed by atoms with Gasteiger partial charge in [-0.2, -0.15) is 0 Å². The van der Waals surface area contributed by atoms with Crippen LogP contribution in [0.1, 0.15) is 19.4 Å². The molecular formula is C12H18N2O2S2. The lowest BCUT2D eigenvalue weighted by atomic mass is 10.2. The summed E-state index contributed by atoms with van der Waals surface area (Å²) in [6, 6.07) is 6.84. The summed E-state index contributed by atoms with van der Waals surface area (Å²) in [4.78, 5) is 0.300. The maximum Gasteiger partial charge on any atom is 0.235 e. The monoisotopic (exact) mass is 286 g/mol. The maximum absolute atomic E-state index is 12.0. The van der Waals surface area contributed by atoms with Gasteiger partial charge in [0.15, 0.2) is 0 Å². The lowest BCUT2D eigenvalue weighted by Gasteiger charge is -2.20. The second kappa shape index (κ2) is 5.67. The van der Waals surface area contributed by atoms with Crippen molar-refractivity contribution < 1.29 is 8.42 Å². The molecule has 0 aliphatic rings. The number of sulfonamides is 1. The Morgan fingerprint density at radius 3 is 2.22 bits per heavy atom. The zero-order valence-corrected chi connectivity index (χ0v) is 12.4. The smallest absolute Gasteiger partial charge is 0.235 e. The molecule has 6 heteroatoms. The predicted octanol–water partition coefficient (Wildman–Crippen LogP) is 1.74.